The van der Waals surface area contributed by atoms with Crippen LogP contribution in [0.15, 0.2) is 53.1 Å². The third-order valence-corrected chi connectivity index (χ3v) is 4.55. The van der Waals surface area contributed by atoms with Gasteiger partial charge in [0.2, 0.25) is 5.91 Å². The van der Waals surface area contributed by atoms with Gasteiger partial charge in [-0.15, -0.1) is 0 Å². The molecule has 1 aromatic heterocycles. The first-order chi connectivity index (χ1) is 10.3. The van der Waals surface area contributed by atoms with Crippen LogP contribution in [-0.2, 0) is 4.79 Å². The van der Waals surface area contributed by atoms with Gasteiger partial charge in [-0.25, -0.2) is 0 Å². The van der Waals surface area contributed by atoms with E-state index in [-0.39, 0.29) is 18.0 Å². The van der Waals surface area contributed by atoms with Crippen molar-refractivity contribution in [3.63, 3.8) is 0 Å². The van der Waals surface area contributed by atoms with Crippen molar-refractivity contribution in [2.24, 2.45) is 0 Å². The maximum absolute atomic E-state index is 12.4. The van der Waals surface area contributed by atoms with Crippen LogP contribution in [0, 0.1) is 0 Å². The molecule has 21 heavy (non-hydrogen) atoms. The molecule has 1 aliphatic rings. The SMILES string of the molecule is O=C(NC(c1ccccc1)c1ccco1)C1CSCCN1. The molecule has 110 valence electrons. The lowest BCUT2D eigenvalue weighted by molar-refractivity contribution is -0.123. The van der Waals surface area contributed by atoms with Crippen LogP contribution in [0.1, 0.15) is 17.4 Å². The largest absolute Gasteiger partial charge is 0.467 e. The van der Waals surface area contributed by atoms with Gasteiger partial charge in [0.25, 0.3) is 0 Å². The Hall–Kier alpha value is -1.72. The molecule has 2 unspecified atom stereocenters. The first-order valence-electron chi connectivity index (χ1n) is 7.04. The molecular weight excluding hydrogens is 284 g/mol. The number of thioether (sulfide) groups is 1. The molecule has 1 saturated heterocycles. The van der Waals surface area contributed by atoms with Gasteiger partial charge in [-0.2, -0.15) is 11.8 Å². The molecule has 5 heteroatoms. The molecule has 2 aromatic rings. The van der Waals surface area contributed by atoms with Crippen LogP contribution in [0.2, 0.25) is 0 Å². The van der Waals surface area contributed by atoms with E-state index < -0.39 is 0 Å². The van der Waals surface area contributed by atoms with E-state index in [2.05, 4.69) is 10.6 Å². The number of nitrogens with one attached hydrogen (secondary N) is 2. The van der Waals surface area contributed by atoms with E-state index in [1.165, 1.54) is 0 Å². The quantitative estimate of drug-likeness (QED) is 0.909. The summed E-state index contributed by atoms with van der Waals surface area (Å²) in [5.74, 6) is 2.64. The minimum Gasteiger partial charge on any atom is -0.467 e. The van der Waals surface area contributed by atoms with Gasteiger partial charge in [-0.1, -0.05) is 30.3 Å². The molecule has 0 aliphatic carbocycles. The van der Waals surface area contributed by atoms with Crippen molar-refractivity contribution in [2.45, 2.75) is 12.1 Å². The normalized spacial score (nSPS) is 19.9. The molecule has 1 aromatic carbocycles. The molecule has 0 radical (unpaired) electrons. The predicted octanol–water partition coefficient (Wildman–Crippen LogP) is 2.19. The van der Waals surface area contributed by atoms with Gasteiger partial charge < -0.3 is 15.1 Å². The Labute approximate surface area is 128 Å². The summed E-state index contributed by atoms with van der Waals surface area (Å²) in [6.07, 6.45) is 1.63. The molecule has 2 atom stereocenters. The van der Waals surface area contributed by atoms with Gasteiger partial charge in [0, 0.05) is 18.1 Å². The number of carbonyl (C=O) groups is 1. The van der Waals surface area contributed by atoms with Gasteiger partial charge >= 0.3 is 0 Å². The lowest BCUT2D eigenvalue weighted by Crippen LogP contribution is -2.49. The average molecular weight is 302 g/mol. The van der Waals surface area contributed by atoms with Crippen LogP contribution in [-0.4, -0.2) is 30.0 Å². The Kier molecular flexibility index (Phi) is 4.62. The van der Waals surface area contributed by atoms with E-state index >= 15 is 0 Å². The maximum atomic E-state index is 12.4. The monoisotopic (exact) mass is 302 g/mol. The lowest BCUT2D eigenvalue weighted by Gasteiger charge is -2.25. The molecule has 0 saturated carbocycles. The fourth-order valence-electron chi connectivity index (χ4n) is 2.40. The smallest absolute Gasteiger partial charge is 0.238 e. The van der Waals surface area contributed by atoms with E-state index in [9.17, 15) is 4.79 Å². The fraction of sp³-hybridized carbons (Fsp3) is 0.312. The van der Waals surface area contributed by atoms with Crippen molar-refractivity contribution in [2.75, 3.05) is 18.1 Å². The number of hydrogen-bond acceptors (Lipinski definition) is 4. The highest BCUT2D eigenvalue weighted by molar-refractivity contribution is 7.99. The number of hydrogen-bond donors (Lipinski definition) is 2. The molecule has 1 amide bonds. The second-order valence-corrected chi connectivity index (χ2v) is 6.10. The van der Waals surface area contributed by atoms with Crippen molar-refractivity contribution < 1.29 is 9.21 Å². The lowest BCUT2D eigenvalue weighted by atomic mass is 10.0. The van der Waals surface area contributed by atoms with Crippen molar-refractivity contribution in [1.29, 1.82) is 0 Å². The first kappa shape index (κ1) is 14.2. The summed E-state index contributed by atoms with van der Waals surface area (Å²) in [6.45, 7) is 0.875. The summed E-state index contributed by atoms with van der Waals surface area (Å²) in [4.78, 5) is 12.4. The van der Waals surface area contributed by atoms with E-state index in [4.69, 9.17) is 4.42 Å². The Bertz CT molecular complexity index is 565. The third-order valence-electron chi connectivity index (χ3n) is 3.49. The van der Waals surface area contributed by atoms with E-state index in [1.54, 1.807) is 18.0 Å². The van der Waals surface area contributed by atoms with Crippen LogP contribution in [0.4, 0.5) is 0 Å². The van der Waals surface area contributed by atoms with Gasteiger partial charge in [0.05, 0.1) is 12.3 Å². The van der Waals surface area contributed by atoms with Gasteiger partial charge in [-0.3, -0.25) is 4.79 Å². The van der Waals surface area contributed by atoms with Gasteiger partial charge in [0.1, 0.15) is 11.8 Å². The molecule has 3 rings (SSSR count). The minimum atomic E-state index is -0.248. The Morgan fingerprint density at radius 3 is 2.81 bits per heavy atom. The van der Waals surface area contributed by atoms with Crippen molar-refractivity contribution >= 4 is 17.7 Å². The second-order valence-electron chi connectivity index (χ2n) is 4.95. The summed E-state index contributed by atoms with van der Waals surface area (Å²) >= 11 is 1.80. The minimum absolute atomic E-state index is 0.0208. The van der Waals surface area contributed by atoms with Crippen molar-refractivity contribution in [3.8, 4) is 0 Å². The number of furan rings is 1. The standard InChI is InChI=1S/C16H18N2O2S/c19-16(13-11-21-10-8-17-13)18-15(14-7-4-9-20-14)12-5-2-1-3-6-12/h1-7,9,13,15,17H,8,10-11H2,(H,18,19). The highest BCUT2D eigenvalue weighted by Crippen LogP contribution is 2.22. The summed E-state index contributed by atoms with van der Waals surface area (Å²) in [5.41, 5.74) is 1.02. The second kappa shape index (κ2) is 6.83. The van der Waals surface area contributed by atoms with Crippen molar-refractivity contribution in [3.05, 3.63) is 60.1 Å². The molecule has 4 nitrogen and oxygen atoms in total. The molecule has 0 bridgehead atoms. The van der Waals surface area contributed by atoms with E-state index in [0.29, 0.717) is 0 Å². The highest BCUT2D eigenvalue weighted by Gasteiger charge is 2.25. The van der Waals surface area contributed by atoms with Crippen LogP contribution >= 0.6 is 11.8 Å². The molecule has 1 aliphatic heterocycles. The summed E-state index contributed by atoms with van der Waals surface area (Å²) in [7, 11) is 0. The fourth-order valence-corrected chi connectivity index (χ4v) is 3.33. The summed E-state index contributed by atoms with van der Waals surface area (Å²) in [6, 6.07) is 13.2. The molecular formula is C16H18N2O2S. The topological polar surface area (TPSA) is 54.3 Å². The number of carbonyl (C=O) groups excluding carboxylic acids is 1. The molecule has 0 spiro atoms. The number of benzene rings is 1. The molecule has 2 heterocycles. The predicted molar refractivity (Wildman–Crippen MR) is 84.3 cm³/mol. The average Bonchev–Trinajstić information content (AvgIpc) is 3.08. The Balaban J connectivity index is 1.78. The van der Waals surface area contributed by atoms with Crippen LogP contribution in [0.25, 0.3) is 0 Å². The molecule has 1 fully saturated rings. The van der Waals surface area contributed by atoms with E-state index in [0.717, 1.165) is 29.4 Å². The zero-order valence-electron chi connectivity index (χ0n) is 11.6. The van der Waals surface area contributed by atoms with Crippen LogP contribution in [0.3, 0.4) is 0 Å². The van der Waals surface area contributed by atoms with Gasteiger partial charge in [-0.05, 0) is 17.7 Å². The van der Waals surface area contributed by atoms with E-state index in [1.807, 2.05) is 42.5 Å². The number of amides is 1. The van der Waals surface area contributed by atoms with Crippen LogP contribution < -0.4 is 10.6 Å². The zero-order chi connectivity index (χ0) is 14.5. The first-order valence-corrected chi connectivity index (χ1v) is 8.20. The van der Waals surface area contributed by atoms with Crippen molar-refractivity contribution in [1.82, 2.24) is 10.6 Å². The Morgan fingerprint density at radius 2 is 2.14 bits per heavy atom. The summed E-state index contributed by atoms with van der Waals surface area (Å²) < 4.78 is 5.50. The Morgan fingerprint density at radius 1 is 1.29 bits per heavy atom. The highest BCUT2D eigenvalue weighted by atomic mass is 32.2. The molecule has 2 N–H and O–H groups in total. The third kappa shape index (κ3) is 3.49. The zero-order valence-corrected chi connectivity index (χ0v) is 12.4. The maximum Gasteiger partial charge on any atom is 0.238 e. The van der Waals surface area contributed by atoms with Crippen LogP contribution in [0.5, 0.6) is 0 Å². The van der Waals surface area contributed by atoms with Gasteiger partial charge in [0.15, 0.2) is 0 Å². The number of rotatable bonds is 4. The summed E-state index contributed by atoms with van der Waals surface area (Å²) in [5, 5.41) is 6.35.